The van der Waals surface area contributed by atoms with Crippen molar-refractivity contribution in [2.45, 2.75) is 19.4 Å². The Bertz CT molecular complexity index is 395. The molecule has 1 aliphatic rings. The highest BCUT2D eigenvalue weighted by atomic mass is 35.5. The number of hydrogen-bond acceptors (Lipinski definition) is 3. The number of nitrogens with two attached hydrogens (primary N) is 1. The van der Waals surface area contributed by atoms with Gasteiger partial charge in [-0.3, -0.25) is 0 Å². The summed E-state index contributed by atoms with van der Waals surface area (Å²) in [5, 5.41) is 0.767. The average molecular weight is 269 g/mol. The molecule has 100 valence electrons. The topological polar surface area (TPSA) is 38.5 Å². The number of nitrogens with zero attached hydrogens (tertiary/aromatic N) is 1. The van der Waals surface area contributed by atoms with Crippen LogP contribution in [-0.2, 0) is 11.3 Å². The second kappa shape index (κ2) is 6.41. The van der Waals surface area contributed by atoms with Crippen LogP contribution in [0, 0.1) is 5.92 Å². The van der Waals surface area contributed by atoms with Crippen molar-refractivity contribution in [3.8, 4) is 0 Å². The fourth-order valence-corrected chi connectivity index (χ4v) is 2.82. The van der Waals surface area contributed by atoms with Crippen LogP contribution in [-0.4, -0.2) is 26.8 Å². The SMILES string of the molecule is COCC1CCCN(c2ccc(CN)c(Cl)c2)C1. The smallest absolute Gasteiger partial charge is 0.0507 e. The van der Waals surface area contributed by atoms with Crippen LogP contribution in [0.2, 0.25) is 5.02 Å². The fraction of sp³-hybridized carbons (Fsp3) is 0.571. The minimum Gasteiger partial charge on any atom is -0.384 e. The van der Waals surface area contributed by atoms with Gasteiger partial charge in [-0.1, -0.05) is 17.7 Å². The Morgan fingerprint density at radius 2 is 2.33 bits per heavy atom. The lowest BCUT2D eigenvalue weighted by atomic mass is 9.98. The molecule has 0 amide bonds. The summed E-state index contributed by atoms with van der Waals surface area (Å²) in [5.74, 6) is 0.622. The standard InChI is InChI=1S/C14H21ClN2O/c1-18-10-11-3-2-6-17(9-11)13-5-4-12(8-16)14(15)7-13/h4-5,7,11H,2-3,6,8-10,16H2,1H3. The molecule has 0 bridgehead atoms. The summed E-state index contributed by atoms with van der Waals surface area (Å²) in [6.45, 7) is 3.47. The van der Waals surface area contributed by atoms with Gasteiger partial charge in [-0.2, -0.15) is 0 Å². The Morgan fingerprint density at radius 3 is 3.00 bits per heavy atom. The minimum absolute atomic E-state index is 0.491. The normalized spacial score (nSPS) is 20.2. The van der Waals surface area contributed by atoms with E-state index in [1.165, 1.54) is 18.5 Å². The van der Waals surface area contributed by atoms with Crippen LogP contribution < -0.4 is 10.6 Å². The molecule has 0 radical (unpaired) electrons. The van der Waals surface area contributed by atoms with Crippen molar-refractivity contribution in [3.05, 3.63) is 28.8 Å². The third kappa shape index (κ3) is 3.16. The maximum atomic E-state index is 6.21. The summed E-state index contributed by atoms with van der Waals surface area (Å²) in [6.07, 6.45) is 2.46. The van der Waals surface area contributed by atoms with Gasteiger partial charge in [0.1, 0.15) is 0 Å². The second-order valence-corrected chi connectivity index (χ2v) is 5.30. The fourth-order valence-electron chi connectivity index (χ4n) is 2.57. The zero-order valence-electron chi connectivity index (χ0n) is 10.9. The predicted octanol–water partition coefficient (Wildman–Crippen LogP) is 2.66. The largest absolute Gasteiger partial charge is 0.384 e. The van der Waals surface area contributed by atoms with Crippen molar-refractivity contribution in [1.29, 1.82) is 0 Å². The van der Waals surface area contributed by atoms with Gasteiger partial charge in [-0.05, 0) is 36.5 Å². The molecular weight excluding hydrogens is 248 g/mol. The number of hydrogen-bond donors (Lipinski definition) is 1. The number of ether oxygens (including phenoxy) is 1. The summed E-state index contributed by atoms with van der Waals surface area (Å²) >= 11 is 6.21. The van der Waals surface area contributed by atoms with Crippen molar-refractivity contribution >= 4 is 17.3 Å². The molecule has 1 unspecified atom stereocenters. The number of halogens is 1. The number of anilines is 1. The van der Waals surface area contributed by atoms with E-state index >= 15 is 0 Å². The molecule has 3 nitrogen and oxygen atoms in total. The van der Waals surface area contributed by atoms with Gasteiger partial charge in [-0.15, -0.1) is 0 Å². The molecule has 2 N–H and O–H groups in total. The van der Waals surface area contributed by atoms with Crippen molar-refractivity contribution < 1.29 is 4.74 Å². The Hall–Kier alpha value is -0.770. The maximum absolute atomic E-state index is 6.21. The summed E-state index contributed by atoms with van der Waals surface area (Å²) in [4.78, 5) is 2.39. The van der Waals surface area contributed by atoms with E-state index in [0.717, 1.165) is 30.3 Å². The summed E-state index contributed by atoms with van der Waals surface area (Å²) < 4.78 is 5.26. The molecule has 18 heavy (non-hydrogen) atoms. The van der Waals surface area contributed by atoms with Crippen LogP contribution in [0.5, 0.6) is 0 Å². The lowest BCUT2D eigenvalue weighted by molar-refractivity contribution is 0.143. The molecule has 1 saturated heterocycles. The van der Waals surface area contributed by atoms with Gasteiger partial charge in [-0.25, -0.2) is 0 Å². The second-order valence-electron chi connectivity index (χ2n) is 4.89. The van der Waals surface area contributed by atoms with Crippen molar-refractivity contribution in [3.63, 3.8) is 0 Å². The first-order valence-electron chi connectivity index (χ1n) is 6.47. The van der Waals surface area contributed by atoms with E-state index < -0.39 is 0 Å². The third-order valence-electron chi connectivity index (χ3n) is 3.54. The Morgan fingerprint density at radius 1 is 1.50 bits per heavy atom. The molecule has 1 atom stereocenters. The highest BCUT2D eigenvalue weighted by Gasteiger charge is 2.20. The molecular formula is C14H21ClN2O. The van der Waals surface area contributed by atoms with Crippen LogP contribution in [0.1, 0.15) is 18.4 Å². The van der Waals surface area contributed by atoms with E-state index in [2.05, 4.69) is 11.0 Å². The van der Waals surface area contributed by atoms with Crippen LogP contribution >= 0.6 is 11.6 Å². The lowest BCUT2D eigenvalue weighted by Crippen LogP contribution is -2.37. The zero-order valence-corrected chi connectivity index (χ0v) is 11.6. The number of piperidine rings is 1. The summed E-state index contributed by atoms with van der Waals surface area (Å²) in [6, 6.07) is 6.17. The van der Waals surface area contributed by atoms with E-state index in [0.29, 0.717) is 12.5 Å². The van der Waals surface area contributed by atoms with Crippen molar-refractivity contribution in [1.82, 2.24) is 0 Å². The Balaban J connectivity index is 2.08. The van der Waals surface area contributed by atoms with Crippen LogP contribution in [0.15, 0.2) is 18.2 Å². The van der Waals surface area contributed by atoms with Gasteiger partial charge in [0.25, 0.3) is 0 Å². The highest BCUT2D eigenvalue weighted by Crippen LogP contribution is 2.27. The Kier molecular flexibility index (Phi) is 4.87. The van der Waals surface area contributed by atoms with E-state index in [9.17, 15) is 0 Å². The predicted molar refractivity (Wildman–Crippen MR) is 76.2 cm³/mol. The highest BCUT2D eigenvalue weighted by molar-refractivity contribution is 6.31. The quantitative estimate of drug-likeness (QED) is 0.912. The zero-order chi connectivity index (χ0) is 13.0. The number of benzene rings is 1. The van der Waals surface area contributed by atoms with E-state index in [1.54, 1.807) is 7.11 Å². The monoisotopic (exact) mass is 268 g/mol. The molecule has 0 spiro atoms. The van der Waals surface area contributed by atoms with Crippen LogP contribution in [0.3, 0.4) is 0 Å². The van der Waals surface area contributed by atoms with Crippen molar-refractivity contribution in [2.75, 3.05) is 31.7 Å². The van der Waals surface area contributed by atoms with Gasteiger partial charge in [0, 0.05) is 37.5 Å². The Labute approximate surface area is 114 Å². The summed E-state index contributed by atoms with van der Waals surface area (Å²) in [7, 11) is 1.77. The first-order valence-corrected chi connectivity index (χ1v) is 6.84. The van der Waals surface area contributed by atoms with Gasteiger partial charge in [0.2, 0.25) is 0 Å². The molecule has 1 aromatic carbocycles. The summed E-state index contributed by atoms with van der Waals surface area (Å²) in [5.41, 5.74) is 7.82. The van der Waals surface area contributed by atoms with Crippen LogP contribution in [0.4, 0.5) is 5.69 Å². The molecule has 4 heteroatoms. The van der Waals surface area contributed by atoms with E-state index in [1.807, 2.05) is 12.1 Å². The third-order valence-corrected chi connectivity index (χ3v) is 3.89. The first kappa shape index (κ1) is 13.7. The van der Waals surface area contributed by atoms with E-state index in [-0.39, 0.29) is 0 Å². The average Bonchev–Trinajstić information content (AvgIpc) is 2.39. The van der Waals surface area contributed by atoms with Crippen molar-refractivity contribution in [2.24, 2.45) is 11.7 Å². The lowest BCUT2D eigenvalue weighted by Gasteiger charge is -2.34. The maximum Gasteiger partial charge on any atom is 0.0507 e. The molecule has 1 aromatic rings. The number of rotatable bonds is 4. The molecule has 2 rings (SSSR count). The minimum atomic E-state index is 0.491. The molecule has 0 aromatic heterocycles. The molecule has 1 heterocycles. The van der Waals surface area contributed by atoms with Gasteiger partial charge >= 0.3 is 0 Å². The number of methoxy groups -OCH3 is 1. The van der Waals surface area contributed by atoms with Gasteiger partial charge < -0.3 is 15.4 Å². The van der Waals surface area contributed by atoms with E-state index in [4.69, 9.17) is 22.1 Å². The van der Waals surface area contributed by atoms with Gasteiger partial charge in [0.05, 0.1) is 6.61 Å². The molecule has 0 aliphatic carbocycles. The first-order chi connectivity index (χ1) is 8.74. The molecule has 1 aliphatic heterocycles. The van der Waals surface area contributed by atoms with Crippen LogP contribution in [0.25, 0.3) is 0 Å². The molecule has 1 fully saturated rings. The molecule has 0 saturated carbocycles. The van der Waals surface area contributed by atoms with Gasteiger partial charge in [0.15, 0.2) is 0 Å².